The molecular weight excluding hydrogens is 307 g/mol. The maximum atomic E-state index is 12.1. The first kappa shape index (κ1) is 17.2. The van der Waals surface area contributed by atoms with Gasteiger partial charge in [0.1, 0.15) is 18.3 Å². The maximum Gasteiger partial charge on any atom is 0.328 e. The Morgan fingerprint density at radius 1 is 1.36 bits per heavy atom. The summed E-state index contributed by atoms with van der Waals surface area (Å²) in [5.74, 6) is 0. The number of nitrogens with zero attached hydrogens (tertiary/aromatic N) is 1. The quantitative estimate of drug-likeness (QED) is 0.636. The molecule has 1 saturated heterocycles. The summed E-state index contributed by atoms with van der Waals surface area (Å²) >= 11 is 0. The Bertz CT molecular complexity index is 704. The van der Waals surface area contributed by atoms with Crippen LogP contribution < -0.4 is 11.2 Å². The minimum absolute atomic E-state index is 0.139. The molecule has 0 amide bonds. The molecule has 3 N–H and O–H groups in total. The third-order valence-corrected chi connectivity index (χ3v) is 5.36. The molecule has 1 fully saturated rings. The lowest BCUT2D eigenvalue weighted by atomic mass is 10.0. The molecule has 0 radical (unpaired) electrons. The average Bonchev–Trinajstić information content (AvgIpc) is 2.70. The number of aliphatic hydroxyl groups excluding tert-OH is 2. The monoisotopic (exact) mass is 330 g/mol. The van der Waals surface area contributed by atoms with Gasteiger partial charge in [0.05, 0.1) is 11.7 Å². The highest BCUT2D eigenvalue weighted by atomic mass is 31.2. The van der Waals surface area contributed by atoms with Crippen molar-refractivity contribution in [2.45, 2.75) is 30.8 Å². The molecule has 8 heteroatoms. The van der Waals surface area contributed by atoms with Gasteiger partial charge in [-0.25, -0.2) is 4.79 Å². The van der Waals surface area contributed by atoms with Crippen molar-refractivity contribution in [2.24, 2.45) is 7.05 Å². The fourth-order valence-corrected chi connectivity index (χ4v) is 3.46. The van der Waals surface area contributed by atoms with E-state index in [0.717, 1.165) is 10.7 Å². The molecule has 1 aromatic heterocycles. The zero-order valence-corrected chi connectivity index (χ0v) is 13.9. The van der Waals surface area contributed by atoms with Crippen LogP contribution in [0.3, 0.4) is 0 Å². The summed E-state index contributed by atoms with van der Waals surface area (Å²) in [6, 6.07) is 0. The van der Waals surface area contributed by atoms with Crippen molar-refractivity contribution >= 4 is 13.2 Å². The summed E-state index contributed by atoms with van der Waals surface area (Å²) in [6.07, 6.45) is 2.99. The SMILES string of the molecule is C=P(C)(C)CCC1O[C@@H](c2c[nH]c(=O)n(C)c2=O)[C@H](O)[C@@H]1O. The number of aromatic amines is 1. The standard InChI is InChI=1S/C14H23N2O5P/c1-16-13(19)8(7-15-14(16)20)12-11(18)10(17)9(21-12)5-6-22(2,3)4/h7,9-12,17-18H,2,5-6H2,1,3-4H3,(H,15,20)/t9?,10-,11-,12+/m1/s1. The summed E-state index contributed by atoms with van der Waals surface area (Å²) < 4.78 is 6.61. The summed E-state index contributed by atoms with van der Waals surface area (Å²) in [5, 5.41) is 20.3. The minimum atomic E-state index is -1.27. The van der Waals surface area contributed by atoms with E-state index in [9.17, 15) is 19.8 Å². The van der Waals surface area contributed by atoms with E-state index in [-0.39, 0.29) is 5.56 Å². The number of H-pyrrole nitrogens is 1. The number of ether oxygens (including phenoxy) is 1. The first-order chi connectivity index (χ1) is 10.1. The van der Waals surface area contributed by atoms with Gasteiger partial charge in [-0.05, 0) is 25.9 Å². The normalized spacial score (nSPS) is 29.0. The molecule has 0 bridgehead atoms. The lowest BCUT2D eigenvalue weighted by Crippen LogP contribution is -2.37. The molecule has 4 atom stereocenters. The second-order valence-electron chi connectivity index (χ2n) is 6.44. The molecule has 0 aliphatic carbocycles. The lowest BCUT2D eigenvalue weighted by molar-refractivity contribution is 0.00494. The third-order valence-electron chi connectivity index (χ3n) is 3.90. The van der Waals surface area contributed by atoms with Crippen LogP contribution in [0.4, 0.5) is 0 Å². The molecule has 1 aromatic rings. The molecule has 22 heavy (non-hydrogen) atoms. The van der Waals surface area contributed by atoms with Gasteiger partial charge in [0.15, 0.2) is 0 Å². The van der Waals surface area contributed by atoms with Crippen molar-refractivity contribution in [3.63, 3.8) is 0 Å². The van der Waals surface area contributed by atoms with E-state index in [2.05, 4.69) is 24.6 Å². The Kier molecular flexibility index (Phi) is 4.82. The summed E-state index contributed by atoms with van der Waals surface area (Å²) in [7, 11) is 1.34. The van der Waals surface area contributed by atoms with Crippen LogP contribution >= 0.6 is 6.89 Å². The van der Waals surface area contributed by atoms with Gasteiger partial charge in [-0.3, -0.25) is 9.36 Å². The van der Waals surface area contributed by atoms with Gasteiger partial charge in [0.2, 0.25) is 0 Å². The minimum Gasteiger partial charge on any atom is -0.388 e. The van der Waals surface area contributed by atoms with E-state index in [1.807, 2.05) is 0 Å². The lowest BCUT2D eigenvalue weighted by Gasteiger charge is -2.18. The maximum absolute atomic E-state index is 12.1. The van der Waals surface area contributed by atoms with Crippen molar-refractivity contribution in [1.82, 2.24) is 9.55 Å². The number of hydrogen-bond acceptors (Lipinski definition) is 5. The molecule has 1 aliphatic heterocycles. The second-order valence-corrected chi connectivity index (χ2v) is 10.8. The highest BCUT2D eigenvalue weighted by molar-refractivity contribution is 7.72. The molecule has 0 saturated carbocycles. The first-order valence-electron chi connectivity index (χ1n) is 7.09. The number of nitrogens with one attached hydrogen (secondary N) is 1. The zero-order valence-electron chi connectivity index (χ0n) is 13.0. The largest absolute Gasteiger partial charge is 0.388 e. The molecular formula is C14H23N2O5P. The van der Waals surface area contributed by atoms with E-state index in [0.29, 0.717) is 6.42 Å². The fraction of sp³-hybridized carbons (Fsp3) is 0.643. The van der Waals surface area contributed by atoms with Crippen LogP contribution in [-0.4, -0.2) is 63.9 Å². The van der Waals surface area contributed by atoms with Crippen LogP contribution in [0.1, 0.15) is 18.1 Å². The topological polar surface area (TPSA) is 105 Å². The fourth-order valence-electron chi connectivity index (χ4n) is 2.51. The average molecular weight is 330 g/mol. The van der Waals surface area contributed by atoms with Crippen LogP contribution in [-0.2, 0) is 11.8 Å². The van der Waals surface area contributed by atoms with Crippen LogP contribution in [0.15, 0.2) is 15.8 Å². The van der Waals surface area contributed by atoms with Gasteiger partial charge in [-0.1, -0.05) is 0 Å². The summed E-state index contributed by atoms with van der Waals surface area (Å²) in [6.45, 7) is 2.90. The Labute approximate surface area is 128 Å². The van der Waals surface area contributed by atoms with Crippen LogP contribution in [0, 0.1) is 0 Å². The molecule has 0 aromatic carbocycles. The van der Waals surface area contributed by atoms with Crippen molar-refractivity contribution < 1.29 is 14.9 Å². The molecule has 7 nitrogen and oxygen atoms in total. The zero-order chi connectivity index (χ0) is 16.7. The van der Waals surface area contributed by atoms with Crippen LogP contribution in [0.25, 0.3) is 0 Å². The van der Waals surface area contributed by atoms with E-state index >= 15 is 0 Å². The van der Waals surface area contributed by atoms with E-state index in [1.165, 1.54) is 13.2 Å². The van der Waals surface area contributed by atoms with Gasteiger partial charge in [-0.15, -0.1) is 13.2 Å². The van der Waals surface area contributed by atoms with Gasteiger partial charge in [0.25, 0.3) is 5.56 Å². The smallest absolute Gasteiger partial charge is 0.328 e. The van der Waals surface area contributed by atoms with Crippen LogP contribution in [0.5, 0.6) is 0 Å². The van der Waals surface area contributed by atoms with Crippen molar-refractivity contribution in [2.75, 3.05) is 19.5 Å². The summed E-state index contributed by atoms with van der Waals surface area (Å²) in [4.78, 5) is 25.9. The molecule has 0 spiro atoms. The van der Waals surface area contributed by atoms with Gasteiger partial charge in [0, 0.05) is 13.2 Å². The Morgan fingerprint density at radius 3 is 2.59 bits per heavy atom. The van der Waals surface area contributed by atoms with E-state index in [1.54, 1.807) is 0 Å². The van der Waals surface area contributed by atoms with E-state index < -0.39 is 42.6 Å². The van der Waals surface area contributed by atoms with E-state index in [4.69, 9.17) is 4.74 Å². The molecule has 124 valence electrons. The van der Waals surface area contributed by atoms with Gasteiger partial charge >= 0.3 is 5.69 Å². The van der Waals surface area contributed by atoms with Gasteiger partial charge < -0.3 is 19.9 Å². The van der Waals surface area contributed by atoms with Gasteiger partial charge in [-0.2, -0.15) is 0 Å². The molecule has 2 heterocycles. The van der Waals surface area contributed by atoms with Crippen LogP contribution in [0.2, 0.25) is 0 Å². The second kappa shape index (κ2) is 6.16. The highest BCUT2D eigenvalue weighted by Gasteiger charge is 2.44. The predicted molar refractivity (Wildman–Crippen MR) is 87.3 cm³/mol. The highest BCUT2D eigenvalue weighted by Crippen LogP contribution is 2.40. The Hall–Kier alpha value is -1.14. The number of aliphatic hydroxyl groups is 2. The Morgan fingerprint density at radius 2 is 2.00 bits per heavy atom. The van der Waals surface area contributed by atoms with Crippen molar-refractivity contribution in [3.05, 3.63) is 32.6 Å². The number of hydrogen-bond donors (Lipinski definition) is 3. The number of rotatable bonds is 4. The molecule has 2 rings (SSSR count). The first-order valence-corrected chi connectivity index (χ1v) is 10.1. The Balaban J connectivity index is 2.24. The third kappa shape index (κ3) is 3.43. The van der Waals surface area contributed by atoms with Crippen molar-refractivity contribution in [1.29, 1.82) is 0 Å². The molecule has 1 aliphatic rings. The molecule has 1 unspecified atom stereocenters. The predicted octanol–water partition coefficient (Wildman–Crippen LogP) is -0.665. The summed E-state index contributed by atoms with van der Waals surface area (Å²) in [5.41, 5.74) is -0.938. The number of aromatic nitrogens is 2. The van der Waals surface area contributed by atoms with Crippen molar-refractivity contribution in [3.8, 4) is 0 Å².